The first-order valence-corrected chi connectivity index (χ1v) is 8.72. The average Bonchev–Trinajstić information content (AvgIpc) is 2.50. The number of hydrogen-bond donors (Lipinski definition) is 2. The molecular weight excluding hydrogens is 298 g/mol. The van der Waals surface area contributed by atoms with Crippen LogP contribution < -0.4 is 15.5 Å². The molecule has 2 aliphatic heterocycles. The molecule has 0 spiro atoms. The number of thioether (sulfide) groups is 1. The maximum Gasteiger partial charge on any atom is 0.227 e. The Morgan fingerprint density at radius 1 is 1.27 bits per heavy atom. The maximum absolute atomic E-state index is 12.4. The molecule has 6 heteroatoms. The van der Waals surface area contributed by atoms with E-state index in [1.54, 1.807) is 11.8 Å². The summed E-state index contributed by atoms with van der Waals surface area (Å²) in [6.45, 7) is 3.38. The first-order chi connectivity index (χ1) is 10.7. The van der Waals surface area contributed by atoms with Crippen LogP contribution >= 0.6 is 11.8 Å². The fourth-order valence-corrected chi connectivity index (χ4v) is 3.62. The topological polar surface area (TPSA) is 61.4 Å². The van der Waals surface area contributed by atoms with Crippen LogP contribution in [0.25, 0.3) is 0 Å². The van der Waals surface area contributed by atoms with Gasteiger partial charge in [-0.05, 0) is 12.1 Å². The van der Waals surface area contributed by atoms with E-state index in [1.165, 1.54) is 0 Å². The van der Waals surface area contributed by atoms with E-state index in [1.807, 2.05) is 29.2 Å². The molecule has 0 aromatic heterocycles. The number of nitrogens with one attached hydrogen (secondary N) is 2. The number of nitrogens with zero attached hydrogens (tertiary/aromatic N) is 1. The molecule has 0 atom stereocenters. The zero-order valence-corrected chi connectivity index (χ0v) is 13.3. The van der Waals surface area contributed by atoms with Gasteiger partial charge in [-0.1, -0.05) is 12.1 Å². The molecule has 3 rings (SSSR count). The number of para-hydroxylation sites is 1. The Hall–Kier alpha value is -1.53. The summed E-state index contributed by atoms with van der Waals surface area (Å²) in [6, 6.07) is 7.95. The van der Waals surface area contributed by atoms with E-state index in [0.29, 0.717) is 12.5 Å². The largest absolute Gasteiger partial charge is 0.356 e. The predicted octanol–water partition coefficient (Wildman–Crippen LogP) is 1.24. The summed E-state index contributed by atoms with van der Waals surface area (Å²) >= 11 is 1.78. The molecule has 1 fully saturated rings. The lowest BCUT2D eigenvalue weighted by molar-refractivity contribution is -0.125. The molecule has 0 aliphatic carbocycles. The molecule has 2 heterocycles. The monoisotopic (exact) mass is 319 g/mol. The van der Waals surface area contributed by atoms with Crippen LogP contribution in [0.15, 0.2) is 29.2 Å². The molecule has 1 aromatic carbocycles. The fourth-order valence-electron chi connectivity index (χ4n) is 2.62. The van der Waals surface area contributed by atoms with Gasteiger partial charge in [-0.3, -0.25) is 9.59 Å². The fraction of sp³-hybridized carbons (Fsp3) is 0.500. The highest BCUT2D eigenvalue weighted by molar-refractivity contribution is 7.99. The van der Waals surface area contributed by atoms with Crippen LogP contribution in [0.1, 0.15) is 12.8 Å². The third kappa shape index (κ3) is 3.62. The van der Waals surface area contributed by atoms with Gasteiger partial charge in [-0.2, -0.15) is 0 Å². The van der Waals surface area contributed by atoms with Crippen molar-refractivity contribution in [3.63, 3.8) is 0 Å². The predicted molar refractivity (Wildman–Crippen MR) is 88.1 cm³/mol. The van der Waals surface area contributed by atoms with Crippen molar-refractivity contribution in [2.24, 2.45) is 5.92 Å². The molecule has 118 valence electrons. The minimum absolute atomic E-state index is 0.0279. The molecule has 2 amide bonds. The van der Waals surface area contributed by atoms with E-state index in [2.05, 4.69) is 10.6 Å². The van der Waals surface area contributed by atoms with Gasteiger partial charge in [0.05, 0.1) is 5.69 Å². The van der Waals surface area contributed by atoms with Gasteiger partial charge in [0.15, 0.2) is 0 Å². The van der Waals surface area contributed by atoms with E-state index < -0.39 is 0 Å². The van der Waals surface area contributed by atoms with E-state index in [0.717, 1.165) is 36.0 Å². The lowest BCUT2D eigenvalue weighted by atomic mass is 10.0. The zero-order valence-electron chi connectivity index (χ0n) is 12.5. The Balaban J connectivity index is 1.48. The van der Waals surface area contributed by atoms with Crippen molar-refractivity contribution in [1.29, 1.82) is 0 Å². The van der Waals surface area contributed by atoms with Crippen LogP contribution in [-0.4, -0.2) is 43.7 Å². The number of hydrogen-bond acceptors (Lipinski definition) is 4. The summed E-state index contributed by atoms with van der Waals surface area (Å²) in [6.07, 6.45) is 0.540. The van der Waals surface area contributed by atoms with Gasteiger partial charge in [-0.25, -0.2) is 0 Å². The van der Waals surface area contributed by atoms with Crippen molar-refractivity contribution in [2.75, 3.05) is 36.8 Å². The molecule has 22 heavy (non-hydrogen) atoms. The van der Waals surface area contributed by atoms with E-state index in [4.69, 9.17) is 0 Å². The minimum Gasteiger partial charge on any atom is -0.356 e. The van der Waals surface area contributed by atoms with Gasteiger partial charge >= 0.3 is 0 Å². The first kappa shape index (κ1) is 15.4. The smallest absolute Gasteiger partial charge is 0.227 e. The molecule has 1 aromatic rings. The van der Waals surface area contributed by atoms with E-state index in [-0.39, 0.29) is 24.7 Å². The van der Waals surface area contributed by atoms with E-state index >= 15 is 0 Å². The number of benzene rings is 1. The Morgan fingerprint density at radius 3 is 2.86 bits per heavy atom. The number of amides is 2. The van der Waals surface area contributed by atoms with E-state index in [9.17, 15) is 9.59 Å². The summed E-state index contributed by atoms with van der Waals surface area (Å²) in [5.74, 6) is 1.46. The van der Waals surface area contributed by atoms with Crippen LogP contribution in [0.4, 0.5) is 5.69 Å². The van der Waals surface area contributed by atoms with Gasteiger partial charge in [0.1, 0.15) is 0 Å². The standard InChI is InChI=1S/C16H21N3O2S/c20-15(18-11-12-9-17-10-12)5-6-16(21)19-7-8-22-14-4-2-1-3-13(14)19/h1-4,12,17H,5-11H2,(H,18,20). The van der Waals surface area contributed by atoms with Crippen molar-refractivity contribution >= 4 is 29.3 Å². The molecule has 0 radical (unpaired) electrons. The van der Waals surface area contributed by atoms with Crippen LogP contribution in [0.5, 0.6) is 0 Å². The number of carbonyl (C=O) groups is 2. The number of fused-ring (bicyclic) bond motifs is 1. The zero-order chi connectivity index (χ0) is 15.4. The molecular formula is C16H21N3O2S. The molecule has 0 saturated carbocycles. The number of rotatable bonds is 5. The third-order valence-corrected chi connectivity index (χ3v) is 5.09. The molecule has 2 aliphatic rings. The van der Waals surface area contributed by atoms with Crippen molar-refractivity contribution in [3.05, 3.63) is 24.3 Å². The van der Waals surface area contributed by atoms with Crippen LogP contribution in [0, 0.1) is 5.92 Å². The van der Waals surface area contributed by atoms with Gasteiger partial charge in [0, 0.05) is 55.6 Å². The normalized spacial score (nSPS) is 17.5. The molecule has 1 saturated heterocycles. The van der Waals surface area contributed by atoms with Crippen LogP contribution in [-0.2, 0) is 9.59 Å². The second-order valence-electron chi connectivity index (χ2n) is 5.69. The van der Waals surface area contributed by atoms with Gasteiger partial charge in [0.25, 0.3) is 0 Å². The molecule has 5 nitrogen and oxygen atoms in total. The Bertz CT molecular complexity index is 560. The SMILES string of the molecule is O=C(CCC(=O)N1CCSc2ccccc21)NCC1CNC1. The Morgan fingerprint density at radius 2 is 2.09 bits per heavy atom. The highest BCUT2D eigenvalue weighted by Crippen LogP contribution is 2.34. The van der Waals surface area contributed by atoms with Crippen molar-refractivity contribution in [2.45, 2.75) is 17.7 Å². The summed E-state index contributed by atoms with van der Waals surface area (Å²) in [4.78, 5) is 27.2. The summed E-state index contributed by atoms with van der Waals surface area (Å²) in [7, 11) is 0. The van der Waals surface area contributed by atoms with Crippen LogP contribution in [0.3, 0.4) is 0 Å². The quantitative estimate of drug-likeness (QED) is 0.857. The molecule has 0 unspecified atom stereocenters. The second kappa shape index (κ2) is 7.15. The molecule has 2 N–H and O–H groups in total. The van der Waals surface area contributed by atoms with Gasteiger partial charge in [0.2, 0.25) is 11.8 Å². The highest BCUT2D eigenvalue weighted by Gasteiger charge is 2.23. The van der Waals surface area contributed by atoms with Crippen molar-refractivity contribution in [3.8, 4) is 0 Å². The average molecular weight is 319 g/mol. The molecule has 0 bridgehead atoms. The van der Waals surface area contributed by atoms with Gasteiger partial charge in [-0.15, -0.1) is 11.8 Å². The lowest BCUT2D eigenvalue weighted by Crippen LogP contribution is -2.48. The highest BCUT2D eigenvalue weighted by atomic mass is 32.2. The number of anilines is 1. The Kier molecular flexibility index (Phi) is 5.00. The first-order valence-electron chi connectivity index (χ1n) is 7.73. The van der Waals surface area contributed by atoms with Crippen molar-refractivity contribution < 1.29 is 9.59 Å². The Labute approximate surface area is 134 Å². The second-order valence-corrected chi connectivity index (χ2v) is 6.83. The third-order valence-electron chi connectivity index (χ3n) is 4.05. The minimum atomic E-state index is -0.0279. The summed E-state index contributed by atoms with van der Waals surface area (Å²) in [5, 5.41) is 6.08. The van der Waals surface area contributed by atoms with Crippen molar-refractivity contribution in [1.82, 2.24) is 10.6 Å². The number of carbonyl (C=O) groups excluding carboxylic acids is 2. The van der Waals surface area contributed by atoms with Gasteiger partial charge < -0.3 is 15.5 Å². The van der Waals surface area contributed by atoms with Crippen LogP contribution in [0.2, 0.25) is 0 Å². The summed E-state index contributed by atoms with van der Waals surface area (Å²) < 4.78 is 0. The summed E-state index contributed by atoms with van der Waals surface area (Å²) in [5.41, 5.74) is 0.977. The lowest BCUT2D eigenvalue weighted by Gasteiger charge is -2.29. The maximum atomic E-state index is 12.4.